The number of hydrogen-bond donors (Lipinski definition) is 2. The molecule has 0 spiro atoms. The fourth-order valence-electron chi connectivity index (χ4n) is 2.25. The van der Waals surface area contributed by atoms with E-state index >= 15 is 0 Å². The zero-order valence-electron chi connectivity index (χ0n) is 10.7. The Morgan fingerprint density at radius 2 is 2.20 bits per heavy atom. The molecule has 5 nitrogen and oxygen atoms in total. The molecule has 112 valence electrons. The summed E-state index contributed by atoms with van der Waals surface area (Å²) in [5.74, 6) is 0. The van der Waals surface area contributed by atoms with E-state index in [-0.39, 0.29) is 12.6 Å². The number of aliphatic hydroxyl groups excluding tert-OH is 1. The van der Waals surface area contributed by atoms with E-state index in [1.54, 1.807) is 18.2 Å². The second-order valence-electron chi connectivity index (χ2n) is 4.67. The first-order valence-corrected chi connectivity index (χ1v) is 8.90. The van der Waals surface area contributed by atoms with Gasteiger partial charge < -0.3 is 5.11 Å². The Balaban J connectivity index is 2.24. The van der Waals surface area contributed by atoms with Crippen molar-refractivity contribution in [3.63, 3.8) is 0 Å². The number of nitrogens with zero attached hydrogens (tertiary/aromatic N) is 1. The lowest BCUT2D eigenvalue weighted by Crippen LogP contribution is -2.47. The maximum atomic E-state index is 12.4. The maximum absolute atomic E-state index is 12.4. The normalized spacial score (nSPS) is 20.9. The molecule has 0 amide bonds. The summed E-state index contributed by atoms with van der Waals surface area (Å²) in [7, 11) is -3.70. The number of piperidine rings is 1. The molecule has 0 bridgehead atoms. The molecule has 0 aromatic heterocycles. The van der Waals surface area contributed by atoms with E-state index in [1.807, 2.05) is 0 Å². The van der Waals surface area contributed by atoms with Crippen molar-refractivity contribution in [1.82, 2.24) is 4.31 Å². The molecule has 1 heterocycles. The molecular weight excluding hydrogens is 368 g/mol. The first kappa shape index (κ1) is 16.0. The maximum Gasteiger partial charge on any atom is 0.302 e. The molecule has 0 radical (unpaired) electrons. The van der Waals surface area contributed by atoms with Crippen LogP contribution in [-0.2, 0) is 10.2 Å². The Bertz CT molecular complexity index is 582. The van der Waals surface area contributed by atoms with Gasteiger partial charge in [0.1, 0.15) is 0 Å². The predicted molar refractivity (Wildman–Crippen MR) is 83.1 cm³/mol. The molecule has 2 N–H and O–H groups in total. The SMILES string of the molecule is O=S(=O)(Nc1cc(Cl)ccc1Br)N1CCCCC1CO. The fraction of sp³-hybridized carbons (Fsp3) is 0.500. The Morgan fingerprint density at radius 3 is 2.90 bits per heavy atom. The Labute approximate surface area is 132 Å². The average Bonchev–Trinajstić information content (AvgIpc) is 2.42. The van der Waals surface area contributed by atoms with Crippen LogP contribution in [0, 0.1) is 0 Å². The molecule has 1 saturated heterocycles. The van der Waals surface area contributed by atoms with Crippen molar-refractivity contribution in [1.29, 1.82) is 0 Å². The van der Waals surface area contributed by atoms with Crippen molar-refractivity contribution in [2.75, 3.05) is 17.9 Å². The van der Waals surface area contributed by atoms with Crippen molar-refractivity contribution >= 4 is 43.4 Å². The van der Waals surface area contributed by atoms with Crippen LogP contribution in [0.3, 0.4) is 0 Å². The molecule has 1 fully saturated rings. The third-order valence-electron chi connectivity index (χ3n) is 3.26. The second kappa shape index (κ2) is 6.62. The second-order valence-corrected chi connectivity index (χ2v) is 7.59. The fourth-order valence-corrected chi connectivity index (χ4v) is 4.39. The summed E-state index contributed by atoms with van der Waals surface area (Å²) in [5.41, 5.74) is 0.389. The van der Waals surface area contributed by atoms with Crippen LogP contribution < -0.4 is 4.72 Å². The number of rotatable bonds is 4. The van der Waals surface area contributed by atoms with Gasteiger partial charge in [0, 0.05) is 22.1 Å². The molecule has 20 heavy (non-hydrogen) atoms. The zero-order valence-corrected chi connectivity index (χ0v) is 13.9. The molecule has 1 aromatic carbocycles. The number of hydrogen-bond acceptors (Lipinski definition) is 3. The summed E-state index contributed by atoms with van der Waals surface area (Å²) >= 11 is 9.16. The van der Waals surface area contributed by atoms with Gasteiger partial charge in [-0.25, -0.2) is 0 Å². The van der Waals surface area contributed by atoms with Crippen LogP contribution in [0.2, 0.25) is 5.02 Å². The third-order valence-corrected chi connectivity index (χ3v) is 5.76. The van der Waals surface area contributed by atoms with E-state index in [9.17, 15) is 13.5 Å². The van der Waals surface area contributed by atoms with Crippen molar-refractivity contribution in [2.45, 2.75) is 25.3 Å². The molecular formula is C12H16BrClN2O3S. The Morgan fingerprint density at radius 1 is 1.45 bits per heavy atom. The van der Waals surface area contributed by atoms with Gasteiger partial charge in [0.25, 0.3) is 0 Å². The van der Waals surface area contributed by atoms with Crippen LogP contribution in [0.15, 0.2) is 22.7 Å². The van der Waals surface area contributed by atoms with Gasteiger partial charge in [0.15, 0.2) is 0 Å². The molecule has 1 unspecified atom stereocenters. The van der Waals surface area contributed by atoms with Crippen molar-refractivity contribution in [3.05, 3.63) is 27.7 Å². The highest BCUT2D eigenvalue weighted by atomic mass is 79.9. The van der Waals surface area contributed by atoms with Crippen LogP contribution >= 0.6 is 27.5 Å². The summed E-state index contributed by atoms with van der Waals surface area (Å²) in [4.78, 5) is 0. The van der Waals surface area contributed by atoms with Crippen LogP contribution in [0.1, 0.15) is 19.3 Å². The van der Waals surface area contributed by atoms with Gasteiger partial charge in [-0.15, -0.1) is 0 Å². The van der Waals surface area contributed by atoms with Crippen molar-refractivity contribution in [3.8, 4) is 0 Å². The van der Waals surface area contributed by atoms with Gasteiger partial charge in [-0.1, -0.05) is 18.0 Å². The van der Waals surface area contributed by atoms with Gasteiger partial charge in [-0.2, -0.15) is 12.7 Å². The van der Waals surface area contributed by atoms with Crippen molar-refractivity contribution in [2.24, 2.45) is 0 Å². The Hall–Kier alpha value is -0.340. The molecule has 8 heteroatoms. The average molecular weight is 384 g/mol. The summed E-state index contributed by atoms with van der Waals surface area (Å²) in [6.45, 7) is 0.246. The zero-order chi connectivity index (χ0) is 14.8. The van der Waals surface area contributed by atoms with Gasteiger partial charge in [-0.05, 0) is 47.0 Å². The summed E-state index contributed by atoms with van der Waals surface area (Å²) in [6.07, 6.45) is 2.40. The summed E-state index contributed by atoms with van der Waals surface area (Å²) in [6, 6.07) is 4.53. The molecule has 0 saturated carbocycles. The lowest BCUT2D eigenvalue weighted by molar-refractivity contribution is 0.156. The number of nitrogens with one attached hydrogen (secondary N) is 1. The molecule has 1 aliphatic rings. The van der Waals surface area contributed by atoms with Gasteiger partial charge >= 0.3 is 10.2 Å². The lowest BCUT2D eigenvalue weighted by Gasteiger charge is -2.33. The quantitative estimate of drug-likeness (QED) is 0.839. The van der Waals surface area contributed by atoms with Gasteiger partial charge in [-0.3, -0.25) is 4.72 Å². The van der Waals surface area contributed by atoms with Crippen molar-refractivity contribution < 1.29 is 13.5 Å². The minimum Gasteiger partial charge on any atom is -0.395 e. The minimum atomic E-state index is -3.70. The minimum absolute atomic E-state index is 0.169. The number of benzene rings is 1. The van der Waals surface area contributed by atoms with E-state index in [0.29, 0.717) is 28.1 Å². The van der Waals surface area contributed by atoms with E-state index in [1.165, 1.54) is 4.31 Å². The van der Waals surface area contributed by atoms with Gasteiger partial charge in [0.05, 0.1) is 12.3 Å². The predicted octanol–water partition coefficient (Wildman–Crippen LogP) is 2.61. The van der Waals surface area contributed by atoms with Gasteiger partial charge in [0.2, 0.25) is 0 Å². The molecule has 1 atom stereocenters. The van der Waals surface area contributed by atoms with Crippen LogP contribution in [0.4, 0.5) is 5.69 Å². The largest absolute Gasteiger partial charge is 0.395 e. The topological polar surface area (TPSA) is 69.6 Å². The number of aliphatic hydroxyl groups is 1. The molecule has 0 aliphatic carbocycles. The monoisotopic (exact) mass is 382 g/mol. The van der Waals surface area contributed by atoms with Crippen LogP contribution in [0.5, 0.6) is 0 Å². The highest BCUT2D eigenvalue weighted by Crippen LogP contribution is 2.28. The molecule has 1 aliphatic heterocycles. The summed E-state index contributed by atoms with van der Waals surface area (Å²) in [5, 5.41) is 9.77. The van der Waals surface area contributed by atoms with E-state index in [2.05, 4.69) is 20.7 Å². The van der Waals surface area contributed by atoms with E-state index < -0.39 is 10.2 Å². The first-order valence-electron chi connectivity index (χ1n) is 6.29. The third kappa shape index (κ3) is 3.65. The van der Waals surface area contributed by atoms with Crippen LogP contribution in [-0.4, -0.2) is 37.0 Å². The van der Waals surface area contributed by atoms with Crippen LogP contribution in [0.25, 0.3) is 0 Å². The summed E-state index contributed by atoms with van der Waals surface area (Å²) < 4.78 is 29.3. The number of anilines is 1. The highest BCUT2D eigenvalue weighted by molar-refractivity contribution is 9.10. The number of halogens is 2. The highest BCUT2D eigenvalue weighted by Gasteiger charge is 2.32. The van der Waals surface area contributed by atoms with E-state index in [0.717, 1.165) is 12.8 Å². The Kier molecular flexibility index (Phi) is 5.30. The standard InChI is InChI=1S/C12H16BrClN2O3S/c13-11-5-4-9(14)7-12(11)15-20(18,19)16-6-2-1-3-10(16)8-17/h4-5,7,10,15,17H,1-3,6,8H2. The first-order chi connectivity index (χ1) is 9.44. The molecule has 2 rings (SSSR count). The lowest BCUT2D eigenvalue weighted by atomic mass is 10.1. The molecule has 1 aromatic rings. The van der Waals surface area contributed by atoms with E-state index in [4.69, 9.17) is 11.6 Å². The smallest absolute Gasteiger partial charge is 0.302 e.